The molecule has 30 heavy (non-hydrogen) atoms. The summed E-state index contributed by atoms with van der Waals surface area (Å²) in [4.78, 5) is 21.4. The SMILES string of the molecule is O=c1[nH]c2ccccc2cc1-c1cc2cc(OCCN3CCCCCC3)ccc2[nH]1. The van der Waals surface area contributed by atoms with Gasteiger partial charge in [-0.25, -0.2) is 0 Å². The van der Waals surface area contributed by atoms with E-state index >= 15 is 0 Å². The van der Waals surface area contributed by atoms with Crippen molar-refractivity contribution < 1.29 is 4.74 Å². The molecule has 2 aromatic heterocycles. The van der Waals surface area contributed by atoms with E-state index in [0.717, 1.165) is 39.8 Å². The lowest BCUT2D eigenvalue weighted by atomic mass is 10.1. The Morgan fingerprint density at radius 1 is 0.833 bits per heavy atom. The van der Waals surface area contributed by atoms with E-state index in [1.807, 2.05) is 54.6 Å². The summed E-state index contributed by atoms with van der Waals surface area (Å²) in [5, 5.41) is 2.06. The minimum absolute atomic E-state index is 0.0887. The number of H-pyrrole nitrogens is 2. The lowest BCUT2D eigenvalue weighted by molar-refractivity contribution is 0.214. The number of aromatic nitrogens is 2. The smallest absolute Gasteiger partial charge is 0.257 e. The number of hydrogen-bond acceptors (Lipinski definition) is 3. The molecule has 0 atom stereocenters. The zero-order valence-corrected chi connectivity index (χ0v) is 17.1. The molecule has 1 aliphatic rings. The van der Waals surface area contributed by atoms with Gasteiger partial charge >= 0.3 is 0 Å². The maximum Gasteiger partial charge on any atom is 0.257 e. The van der Waals surface area contributed by atoms with E-state index in [9.17, 15) is 4.79 Å². The summed E-state index contributed by atoms with van der Waals surface area (Å²) in [5.41, 5.74) is 3.22. The Morgan fingerprint density at radius 3 is 2.50 bits per heavy atom. The number of ether oxygens (including phenoxy) is 1. The topological polar surface area (TPSA) is 61.1 Å². The predicted molar refractivity (Wildman–Crippen MR) is 122 cm³/mol. The maximum atomic E-state index is 12.6. The van der Waals surface area contributed by atoms with Gasteiger partial charge in [-0.05, 0) is 67.7 Å². The molecule has 0 unspecified atom stereocenters. The van der Waals surface area contributed by atoms with Crippen molar-refractivity contribution in [3.8, 4) is 17.0 Å². The predicted octanol–water partition coefficient (Wildman–Crippen LogP) is 4.93. The number of para-hydroxylation sites is 1. The summed E-state index contributed by atoms with van der Waals surface area (Å²) in [6.45, 7) is 4.05. The van der Waals surface area contributed by atoms with Crippen LogP contribution in [0, 0.1) is 0 Å². The standard InChI is InChI=1S/C25H27N3O2/c29-25-21(16-18-7-3-4-8-22(18)27-25)24-17-19-15-20(9-10-23(19)26-24)30-14-13-28-11-5-1-2-6-12-28/h3-4,7-10,15-17,26H,1-2,5-6,11-14H2,(H,27,29). The van der Waals surface area contributed by atoms with Crippen LogP contribution in [0.2, 0.25) is 0 Å². The van der Waals surface area contributed by atoms with Crippen LogP contribution in [0.5, 0.6) is 5.75 Å². The van der Waals surface area contributed by atoms with E-state index in [1.54, 1.807) is 0 Å². The Labute approximate surface area is 175 Å². The molecule has 0 saturated carbocycles. The molecule has 2 aromatic carbocycles. The van der Waals surface area contributed by atoms with Gasteiger partial charge in [0.25, 0.3) is 5.56 Å². The summed E-state index contributed by atoms with van der Waals surface area (Å²) in [6, 6.07) is 17.9. The Kier molecular flexibility index (Phi) is 5.28. The van der Waals surface area contributed by atoms with Crippen LogP contribution in [-0.2, 0) is 0 Å². The van der Waals surface area contributed by atoms with Crippen LogP contribution in [0.15, 0.2) is 59.4 Å². The van der Waals surface area contributed by atoms with E-state index in [0.29, 0.717) is 12.2 Å². The molecule has 3 heterocycles. The van der Waals surface area contributed by atoms with Crippen LogP contribution in [0.1, 0.15) is 25.7 Å². The fourth-order valence-electron chi connectivity index (χ4n) is 4.35. The minimum atomic E-state index is -0.0887. The third-order valence-corrected chi connectivity index (χ3v) is 6.01. The van der Waals surface area contributed by atoms with Gasteiger partial charge in [-0.1, -0.05) is 31.0 Å². The quantitative estimate of drug-likeness (QED) is 0.498. The number of hydrogen-bond donors (Lipinski definition) is 2. The van der Waals surface area contributed by atoms with E-state index in [-0.39, 0.29) is 5.56 Å². The molecule has 5 nitrogen and oxygen atoms in total. The van der Waals surface area contributed by atoms with Crippen LogP contribution >= 0.6 is 0 Å². The molecule has 5 heteroatoms. The molecule has 0 amide bonds. The van der Waals surface area contributed by atoms with E-state index < -0.39 is 0 Å². The fourth-order valence-corrected chi connectivity index (χ4v) is 4.35. The maximum absolute atomic E-state index is 12.6. The number of rotatable bonds is 5. The second-order valence-electron chi connectivity index (χ2n) is 8.14. The van der Waals surface area contributed by atoms with E-state index in [4.69, 9.17) is 4.74 Å². The number of nitrogens with one attached hydrogen (secondary N) is 2. The van der Waals surface area contributed by atoms with Gasteiger partial charge < -0.3 is 14.7 Å². The number of fused-ring (bicyclic) bond motifs is 2. The molecule has 0 radical (unpaired) electrons. The lowest BCUT2D eigenvalue weighted by Crippen LogP contribution is -2.29. The Bertz CT molecular complexity index is 1220. The average Bonchev–Trinajstić information content (AvgIpc) is 3.00. The largest absolute Gasteiger partial charge is 0.492 e. The Balaban J connectivity index is 1.34. The summed E-state index contributed by atoms with van der Waals surface area (Å²) >= 11 is 0. The molecule has 4 aromatic rings. The molecular weight excluding hydrogens is 374 g/mol. The van der Waals surface area contributed by atoms with Crippen molar-refractivity contribution >= 4 is 21.8 Å². The summed E-state index contributed by atoms with van der Waals surface area (Å²) in [6.07, 6.45) is 5.30. The van der Waals surface area contributed by atoms with Crippen molar-refractivity contribution in [2.24, 2.45) is 0 Å². The van der Waals surface area contributed by atoms with E-state index in [1.165, 1.54) is 38.8 Å². The number of nitrogens with zero attached hydrogens (tertiary/aromatic N) is 1. The van der Waals surface area contributed by atoms with E-state index in [2.05, 4.69) is 14.9 Å². The Hall–Kier alpha value is -3.05. The van der Waals surface area contributed by atoms with Crippen LogP contribution in [0.4, 0.5) is 0 Å². The summed E-state index contributed by atoms with van der Waals surface area (Å²) in [5.74, 6) is 0.871. The number of pyridine rings is 1. The molecule has 5 rings (SSSR count). The van der Waals surface area contributed by atoms with Crippen molar-refractivity contribution in [2.75, 3.05) is 26.2 Å². The summed E-state index contributed by atoms with van der Waals surface area (Å²) in [7, 11) is 0. The zero-order chi connectivity index (χ0) is 20.3. The highest BCUT2D eigenvalue weighted by Gasteiger charge is 2.11. The first kappa shape index (κ1) is 18.9. The van der Waals surface area contributed by atoms with Crippen molar-refractivity contribution in [2.45, 2.75) is 25.7 Å². The highest BCUT2D eigenvalue weighted by Crippen LogP contribution is 2.27. The molecule has 1 aliphatic heterocycles. The highest BCUT2D eigenvalue weighted by molar-refractivity contribution is 5.89. The number of aromatic amines is 2. The molecule has 0 bridgehead atoms. The molecular formula is C25H27N3O2. The minimum Gasteiger partial charge on any atom is -0.492 e. The molecule has 1 fully saturated rings. The van der Waals surface area contributed by atoms with Crippen LogP contribution in [0.3, 0.4) is 0 Å². The first-order valence-electron chi connectivity index (χ1n) is 10.9. The first-order valence-corrected chi connectivity index (χ1v) is 10.9. The average molecular weight is 402 g/mol. The van der Waals surface area contributed by atoms with Gasteiger partial charge in [-0.3, -0.25) is 9.69 Å². The lowest BCUT2D eigenvalue weighted by Gasteiger charge is -2.19. The number of benzene rings is 2. The molecule has 0 spiro atoms. The van der Waals surface area contributed by atoms with Crippen LogP contribution in [-0.4, -0.2) is 41.1 Å². The molecule has 2 N–H and O–H groups in total. The van der Waals surface area contributed by atoms with Gasteiger partial charge in [0, 0.05) is 23.0 Å². The summed E-state index contributed by atoms with van der Waals surface area (Å²) < 4.78 is 6.03. The highest BCUT2D eigenvalue weighted by atomic mass is 16.5. The van der Waals surface area contributed by atoms with Crippen LogP contribution < -0.4 is 10.3 Å². The molecule has 154 valence electrons. The van der Waals surface area contributed by atoms with Crippen LogP contribution in [0.25, 0.3) is 33.1 Å². The molecule has 1 saturated heterocycles. The van der Waals surface area contributed by atoms with Crippen molar-refractivity contribution in [3.63, 3.8) is 0 Å². The number of likely N-dealkylation sites (tertiary alicyclic amines) is 1. The zero-order valence-electron chi connectivity index (χ0n) is 17.1. The normalized spacial score (nSPS) is 15.5. The third kappa shape index (κ3) is 3.98. The van der Waals surface area contributed by atoms with Crippen molar-refractivity contribution in [1.82, 2.24) is 14.9 Å². The second-order valence-corrected chi connectivity index (χ2v) is 8.14. The van der Waals surface area contributed by atoms with Gasteiger partial charge in [0.2, 0.25) is 0 Å². The van der Waals surface area contributed by atoms with Gasteiger partial charge in [0.1, 0.15) is 12.4 Å². The van der Waals surface area contributed by atoms with Gasteiger partial charge in [0.15, 0.2) is 0 Å². The van der Waals surface area contributed by atoms with Crippen molar-refractivity contribution in [3.05, 3.63) is 65.0 Å². The second kappa shape index (κ2) is 8.36. The van der Waals surface area contributed by atoms with Gasteiger partial charge in [-0.2, -0.15) is 0 Å². The fraction of sp³-hybridized carbons (Fsp3) is 0.320. The molecule has 0 aliphatic carbocycles. The van der Waals surface area contributed by atoms with Gasteiger partial charge in [-0.15, -0.1) is 0 Å². The Morgan fingerprint density at radius 2 is 1.63 bits per heavy atom. The first-order chi connectivity index (χ1) is 14.8. The monoisotopic (exact) mass is 401 g/mol. The third-order valence-electron chi connectivity index (χ3n) is 6.01. The van der Waals surface area contributed by atoms with Crippen molar-refractivity contribution in [1.29, 1.82) is 0 Å². The van der Waals surface area contributed by atoms with Gasteiger partial charge in [0.05, 0.1) is 11.3 Å².